The molecular formula is C17H23F2N3O3S. The third kappa shape index (κ3) is 4.39. The first-order valence-electron chi connectivity index (χ1n) is 8.72. The molecule has 144 valence electrons. The van der Waals surface area contributed by atoms with Gasteiger partial charge in [-0.3, -0.25) is 10.1 Å². The number of sulfonamides is 1. The molecule has 0 saturated carbocycles. The number of halogens is 2. The van der Waals surface area contributed by atoms with E-state index < -0.39 is 40.9 Å². The maximum Gasteiger partial charge on any atom is 0.262 e. The molecule has 0 bridgehead atoms. The largest absolute Gasteiger partial charge is 0.354 e. The van der Waals surface area contributed by atoms with Gasteiger partial charge in [-0.05, 0) is 30.9 Å². The van der Waals surface area contributed by atoms with Crippen LogP contribution in [0.15, 0.2) is 35.2 Å². The topological polar surface area (TPSA) is 78.5 Å². The van der Waals surface area contributed by atoms with Gasteiger partial charge in [0.1, 0.15) is 0 Å². The second kappa shape index (κ2) is 7.58. The summed E-state index contributed by atoms with van der Waals surface area (Å²) in [5.74, 6) is -3.11. The first-order valence-corrected chi connectivity index (χ1v) is 10.2. The van der Waals surface area contributed by atoms with Crippen molar-refractivity contribution in [1.82, 2.24) is 14.9 Å². The molecule has 1 aromatic rings. The van der Waals surface area contributed by atoms with Crippen molar-refractivity contribution in [3.05, 3.63) is 30.3 Å². The van der Waals surface area contributed by atoms with Crippen LogP contribution in [-0.2, 0) is 14.8 Å². The van der Waals surface area contributed by atoms with Gasteiger partial charge in [-0.2, -0.15) is 4.31 Å². The lowest BCUT2D eigenvalue weighted by Crippen LogP contribution is -2.45. The summed E-state index contributed by atoms with van der Waals surface area (Å²) in [4.78, 5) is 12.2. The van der Waals surface area contributed by atoms with Crippen molar-refractivity contribution < 1.29 is 22.0 Å². The molecule has 26 heavy (non-hydrogen) atoms. The lowest BCUT2D eigenvalue weighted by molar-refractivity contribution is -0.123. The zero-order chi connectivity index (χ0) is 18.8. The van der Waals surface area contributed by atoms with Gasteiger partial charge in [-0.25, -0.2) is 17.2 Å². The molecule has 2 N–H and O–H groups in total. The smallest absolute Gasteiger partial charge is 0.262 e. The Morgan fingerprint density at radius 2 is 1.88 bits per heavy atom. The molecule has 3 rings (SSSR count). The van der Waals surface area contributed by atoms with E-state index in [4.69, 9.17) is 0 Å². The average molecular weight is 387 g/mol. The maximum atomic E-state index is 13.1. The number of benzene rings is 1. The van der Waals surface area contributed by atoms with Gasteiger partial charge >= 0.3 is 0 Å². The monoisotopic (exact) mass is 387 g/mol. The Hall–Kier alpha value is -1.58. The molecule has 1 amide bonds. The number of nitrogens with zero attached hydrogens (tertiary/aromatic N) is 1. The van der Waals surface area contributed by atoms with Crippen molar-refractivity contribution >= 4 is 15.9 Å². The van der Waals surface area contributed by atoms with Gasteiger partial charge in [0.25, 0.3) is 5.92 Å². The summed E-state index contributed by atoms with van der Waals surface area (Å²) in [5, 5.41) is 5.24. The Bertz CT molecular complexity index is 735. The van der Waals surface area contributed by atoms with E-state index in [0.717, 1.165) is 0 Å². The van der Waals surface area contributed by atoms with Gasteiger partial charge < -0.3 is 5.32 Å². The van der Waals surface area contributed by atoms with Gasteiger partial charge in [0.15, 0.2) is 0 Å². The summed E-state index contributed by atoms with van der Waals surface area (Å²) in [7, 11) is -3.49. The van der Waals surface area contributed by atoms with E-state index in [1.54, 1.807) is 30.3 Å². The van der Waals surface area contributed by atoms with E-state index in [-0.39, 0.29) is 10.8 Å². The van der Waals surface area contributed by atoms with Crippen LogP contribution in [0.3, 0.4) is 0 Å². The van der Waals surface area contributed by atoms with Crippen LogP contribution in [0.5, 0.6) is 0 Å². The van der Waals surface area contributed by atoms with Crippen molar-refractivity contribution in [1.29, 1.82) is 0 Å². The van der Waals surface area contributed by atoms with Crippen molar-refractivity contribution in [2.75, 3.05) is 26.2 Å². The van der Waals surface area contributed by atoms with Crippen LogP contribution < -0.4 is 10.6 Å². The number of carbonyl (C=O) groups is 1. The molecule has 0 spiro atoms. The summed E-state index contributed by atoms with van der Waals surface area (Å²) < 4.78 is 52.9. The van der Waals surface area contributed by atoms with Gasteiger partial charge in [0.05, 0.1) is 17.5 Å². The zero-order valence-electron chi connectivity index (χ0n) is 14.3. The van der Waals surface area contributed by atoms with Crippen LogP contribution in [0.1, 0.15) is 19.3 Å². The van der Waals surface area contributed by atoms with E-state index >= 15 is 0 Å². The maximum absolute atomic E-state index is 13.1. The van der Waals surface area contributed by atoms with E-state index in [1.165, 1.54) is 4.31 Å². The highest BCUT2D eigenvalue weighted by Gasteiger charge is 2.42. The second-order valence-corrected chi connectivity index (χ2v) is 8.84. The van der Waals surface area contributed by atoms with E-state index in [9.17, 15) is 22.0 Å². The number of nitrogens with one attached hydrogen (secondary N) is 2. The minimum Gasteiger partial charge on any atom is -0.354 e. The van der Waals surface area contributed by atoms with Crippen LogP contribution >= 0.6 is 0 Å². The summed E-state index contributed by atoms with van der Waals surface area (Å²) in [6.45, 7) is 0.678. The molecule has 1 atom stereocenters. The number of piperidine rings is 1. The lowest BCUT2D eigenvalue weighted by Gasteiger charge is -2.31. The molecule has 2 heterocycles. The van der Waals surface area contributed by atoms with Crippen molar-refractivity contribution in [2.45, 2.75) is 36.1 Å². The average Bonchev–Trinajstić information content (AvgIpc) is 3.01. The standard InChI is InChI=1S/C17H23F2N3O3S/c18-17(19)10-15(21-12-17)16(23)20-11-13-6-8-22(9-7-13)26(24,25)14-4-2-1-3-5-14/h1-5,13,15,21H,6-12H2,(H,20,23). The first-order chi connectivity index (χ1) is 12.3. The molecular weight excluding hydrogens is 364 g/mol. The molecule has 0 radical (unpaired) electrons. The minimum atomic E-state index is -3.49. The Kier molecular flexibility index (Phi) is 5.59. The van der Waals surface area contributed by atoms with Crippen LogP contribution in [0.2, 0.25) is 0 Å². The summed E-state index contributed by atoms with van der Waals surface area (Å²) in [6, 6.07) is 7.44. The lowest BCUT2D eigenvalue weighted by atomic mass is 9.98. The van der Waals surface area contributed by atoms with Crippen molar-refractivity contribution in [2.24, 2.45) is 5.92 Å². The molecule has 1 unspecified atom stereocenters. The molecule has 6 nitrogen and oxygen atoms in total. The van der Waals surface area contributed by atoms with Crippen LogP contribution in [-0.4, -0.2) is 56.8 Å². The third-order valence-corrected chi connectivity index (χ3v) is 6.86. The van der Waals surface area contributed by atoms with Gasteiger partial charge in [0.2, 0.25) is 15.9 Å². The predicted octanol–water partition coefficient (Wildman–Crippen LogP) is 1.20. The molecule has 2 fully saturated rings. The molecule has 2 aliphatic rings. The van der Waals surface area contributed by atoms with E-state index in [1.807, 2.05) is 0 Å². The Morgan fingerprint density at radius 1 is 1.23 bits per heavy atom. The number of rotatable bonds is 5. The van der Waals surface area contributed by atoms with Gasteiger partial charge in [-0.15, -0.1) is 0 Å². The number of carbonyl (C=O) groups excluding carboxylic acids is 1. The molecule has 0 aromatic heterocycles. The Balaban J connectivity index is 1.46. The zero-order valence-corrected chi connectivity index (χ0v) is 15.1. The molecule has 9 heteroatoms. The van der Waals surface area contributed by atoms with Crippen LogP contribution in [0, 0.1) is 5.92 Å². The van der Waals surface area contributed by atoms with E-state index in [0.29, 0.717) is 32.5 Å². The summed E-state index contributed by atoms with van der Waals surface area (Å²) in [6.07, 6.45) is 0.772. The Labute approximate surface area is 152 Å². The van der Waals surface area contributed by atoms with Gasteiger partial charge in [-0.1, -0.05) is 18.2 Å². The second-order valence-electron chi connectivity index (χ2n) is 6.90. The summed E-state index contributed by atoms with van der Waals surface area (Å²) >= 11 is 0. The highest BCUT2D eigenvalue weighted by Crippen LogP contribution is 2.26. The number of alkyl halides is 2. The summed E-state index contributed by atoms with van der Waals surface area (Å²) in [5.41, 5.74) is 0. The minimum absolute atomic E-state index is 0.142. The number of hydrogen-bond acceptors (Lipinski definition) is 4. The third-order valence-electron chi connectivity index (χ3n) is 4.95. The highest BCUT2D eigenvalue weighted by molar-refractivity contribution is 7.89. The molecule has 2 aliphatic heterocycles. The van der Waals surface area contributed by atoms with Crippen LogP contribution in [0.4, 0.5) is 8.78 Å². The fourth-order valence-corrected chi connectivity index (χ4v) is 4.86. The fraction of sp³-hybridized carbons (Fsp3) is 0.588. The number of amides is 1. The van der Waals surface area contributed by atoms with Gasteiger partial charge in [0, 0.05) is 26.1 Å². The normalized spacial score (nSPS) is 24.5. The van der Waals surface area contributed by atoms with Crippen molar-refractivity contribution in [3.63, 3.8) is 0 Å². The molecule has 1 aromatic carbocycles. The van der Waals surface area contributed by atoms with Crippen LogP contribution in [0.25, 0.3) is 0 Å². The molecule has 2 saturated heterocycles. The fourth-order valence-electron chi connectivity index (χ4n) is 3.36. The number of hydrogen-bond donors (Lipinski definition) is 2. The SMILES string of the molecule is O=C(NCC1CCN(S(=O)(=O)c2ccccc2)CC1)C1CC(F)(F)CN1. The highest BCUT2D eigenvalue weighted by atomic mass is 32.2. The predicted molar refractivity (Wildman–Crippen MR) is 92.3 cm³/mol. The Morgan fingerprint density at radius 3 is 2.46 bits per heavy atom. The molecule has 0 aliphatic carbocycles. The quantitative estimate of drug-likeness (QED) is 0.796. The van der Waals surface area contributed by atoms with E-state index in [2.05, 4.69) is 10.6 Å². The van der Waals surface area contributed by atoms with Crippen molar-refractivity contribution in [3.8, 4) is 0 Å². The first kappa shape index (κ1) is 19.2.